The summed E-state index contributed by atoms with van der Waals surface area (Å²) in [6.07, 6.45) is -5.28. The lowest BCUT2D eigenvalue weighted by molar-refractivity contribution is -0.137. The molecule has 3 rings (SSSR count). The molecule has 2 aromatic carbocycles. The van der Waals surface area contributed by atoms with Gasteiger partial charge in [-0.25, -0.2) is 4.79 Å². The summed E-state index contributed by atoms with van der Waals surface area (Å²) in [6, 6.07) is 11.2. The number of rotatable bonds is 3. The highest BCUT2D eigenvalue weighted by Gasteiger charge is 2.33. The van der Waals surface area contributed by atoms with Gasteiger partial charge in [-0.05, 0) is 23.8 Å². The van der Waals surface area contributed by atoms with Crippen LogP contribution >= 0.6 is 11.8 Å². The Balaban J connectivity index is 1.62. The predicted molar refractivity (Wildman–Crippen MR) is 94.3 cm³/mol. The molecule has 1 aliphatic rings. The molecule has 0 fully saturated rings. The van der Waals surface area contributed by atoms with Gasteiger partial charge in [-0.3, -0.25) is 4.79 Å². The maximum Gasteiger partial charge on any atom is 0.416 e. The van der Waals surface area contributed by atoms with Gasteiger partial charge in [0.1, 0.15) is 12.6 Å². The van der Waals surface area contributed by atoms with Crippen LogP contribution in [0.4, 0.5) is 23.7 Å². The van der Waals surface area contributed by atoms with Crippen LogP contribution in [0.5, 0.6) is 0 Å². The molecule has 0 saturated heterocycles. The van der Waals surface area contributed by atoms with Gasteiger partial charge >= 0.3 is 12.3 Å². The first kappa shape index (κ1) is 19.1. The summed E-state index contributed by atoms with van der Waals surface area (Å²) in [5.74, 6) is -0.429. The van der Waals surface area contributed by atoms with E-state index in [1.54, 1.807) is 24.3 Å². The second-order valence-electron chi connectivity index (χ2n) is 5.77. The number of hydrogen-bond donors (Lipinski definition) is 2. The average molecular weight is 396 g/mol. The molecule has 1 aliphatic heterocycles. The van der Waals surface area contributed by atoms with E-state index in [4.69, 9.17) is 4.74 Å². The van der Waals surface area contributed by atoms with Gasteiger partial charge in [0, 0.05) is 10.6 Å². The molecule has 1 heterocycles. The van der Waals surface area contributed by atoms with Gasteiger partial charge in [0.2, 0.25) is 5.91 Å². The Labute approximate surface area is 157 Å². The maximum absolute atomic E-state index is 12.8. The molecular weight excluding hydrogens is 381 g/mol. The van der Waals surface area contributed by atoms with E-state index in [1.807, 2.05) is 6.07 Å². The Kier molecular flexibility index (Phi) is 5.59. The molecule has 2 N–H and O–H groups in total. The SMILES string of the molecule is O=C(N[C@H]1CSc2ccc(C(F)(F)F)cc2NC1=O)OCc1ccccc1. The van der Waals surface area contributed by atoms with Gasteiger partial charge in [-0.1, -0.05) is 30.3 Å². The molecule has 2 amide bonds. The van der Waals surface area contributed by atoms with Crippen LogP contribution in [0, 0.1) is 0 Å². The normalized spacial score (nSPS) is 16.7. The summed E-state index contributed by atoms with van der Waals surface area (Å²) in [6.45, 7) is 0.0450. The third-order valence-corrected chi connectivity index (χ3v) is 4.96. The van der Waals surface area contributed by atoms with Crippen molar-refractivity contribution in [1.29, 1.82) is 0 Å². The fourth-order valence-electron chi connectivity index (χ4n) is 2.41. The zero-order chi connectivity index (χ0) is 19.4. The fraction of sp³-hybridized carbons (Fsp3) is 0.222. The van der Waals surface area contributed by atoms with Crippen LogP contribution in [0.15, 0.2) is 53.4 Å². The third-order valence-electron chi connectivity index (χ3n) is 3.79. The van der Waals surface area contributed by atoms with Gasteiger partial charge in [0.05, 0.1) is 11.3 Å². The first-order chi connectivity index (χ1) is 12.8. The van der Waals surface area contributed by atoms with E-state index in [2.05, 4.69) is 10.6 Å². The highest BCUT2D eigenvalue weighted by molar-refractivity contribution is 7.99. The number of carbonyl (C=O) groups excluding carboxylic acids is 2. The summed E-state index contributed by atoms with van der Waals surface area (Å²) in [4.78, 5) is 24.7. The molecular formula is C18H15F3N2O3S. The minimum atomic E-state index is -4.50. The van der Waals surface area contributed by atoms with Crippen LogP contribution in [0.25, 0.3) is 0 Å². The van der Waals surface area contributed by atoms with Crippen molar-refractivity contribution in [3.05, 3.63) is 59.7 Å². The summed E-state index contributed by atoms with van der Waals surface area (Å²) < 4.78 is 43.6. The number of carbonyl (C=O) groups is 2. The monoisotopic (exact) mass is 396 g/mol. The smallest absolute Gasteiger partial charge is 0.416 e. The Bertz CT molecular complexity index is 843. The summed E-state index contributed by atoms with van der Waals surface area (Å²) in [7, 11) is 0. The number of nitrogens with one attached hydrogen (secondary N) is 2. The van der Waals surface area contributed by atoms with E-state index >= 15 is 0 Å². The Morgan fingerprint density at radius 3 is 2.67 bits per heavy atom. The highest BCUT2D eigenvalue weighted by atomic mass is 32.2. The quantitative estimate of drug-likeness (QED) is 0.822. The molecule has 2 aromatic rings. The fourth-order valence-corrected chi connectivity index (χ4v) is 3.42. The van der Waals surface area contributed by atoms with Gasteiger partial charge < -0.3 is 15.4 Å². The van der Waals surface area contributed by atoms with Crippen LogP contribution in [-0.2, 0) is 22.3 Å². The van der Waals surface area contributed by atoms with Gasteiger partial charge in [-0.2, -0.15) is 13.2 Å². The number of hydrogen-bond acceptors (Lipinski definition) is 4. The lowest BCUT2D eigenvalue weighted by atomic mass is 10.2. The standard InChI is InChI=1S/C18H15F3N2O3S/c19-18(20,21)12-6-7-15-13(8-12)22-16(24)14(10-27-15)23-17(25)26-9-11-4-2-1-3-5-11/h1-8,14H,9-10H2,(H,22,24)(H,23,25)/t14-/m0/s1. The number of thioether (sulfide) groups is 1. The van der Waals surface area contributed by atoms with Crippen molar-refractivity contribution in [3.63, 3.8) is 0 Å². The molecule has 0 unspecified atom stereocenters. The molecule has 1 atom stereocenters. The van der Waals surface area contributed by atoms with Crippen molar-refractivity contribution in [2.45, 2.75) is 23.7 Å². The number of alkyl halides is 3. The van der Waals surface area contributed by atoms with E-state index in [0.29, 0.717) is 4.90 Å². The zero-order valence-corrected chi connectivity index (χ0v) is 14.7. The van der Waals surface area contributed by atoms with Gasteiger partial charge in [0.15, 0.2) is 0 Å². The molecule has 0 radical (unpaired) electrons. The lowest BCUT2D eigenvalue weighted by Crippen LogP contribution is -2.45. The van der Waals surface area contributed by atoms with Crippen molar-refractivity contribution in [2.75, 3.05) is 11.1 Å². The van der Waals surface area contributed by atoms with E-state index in [1.165, 1.54) is 17.8 Å². The van der Waals surface area contributed by atoms with Gasteiger partial charge in [0.25, 0.3) is 0 Å². The van der Waals surface area contributed by atoms with Crippen molar-refractivity contribution >= 4 is 29.4 Å². The first-order valence-electron chi connectivity index (χ1n) is 7.95. The molecule has 0 saturated carbocycles. The van der Waals surface area contributed by atoms with Crippen LogP contribution in [-0.4, -0.2) is 23.8 Å². The van der Waals surface area contributed by atoms with Crippen LogP contribution in [0.1, 0.15) is 11.1 Å². The maximum atomic E-state index is 12.8. The second-order valence-corrected chi connectivity index (χ2v) is 6.83. The topological polar surface area (TPSA) is 67.4 Å². The van der Waals surface area contributed by atoms with E-state index in [9.17, 15) is 22.8 Å². The van der Waals surface area contributed by atoms with Crippen molar-refractivity contribution in [1.82, 2.24) is 5.32 Å². The molecule has 0 spiro atoms. The molecule has 27 heavy (non-hydrogen) atoms. The van der Waals surface area contributed by atoms with Crippen LogP contribution in [0.3, 0.4) is 0 Å². The Morgan fingerprint density at radius 1 is 1.22 bits per heavy atom. The molecule has 0 aliphatic carbocycles. The summed E-state index contributed by atoms with van der Waals surface area (Å²) in [5.41, 5.74) is 0.0111. The summed E-state index contributed by atoms with van der Waals surface area (Å²) >= 11 is 1.18. The number of fused-ring (bicyclic) bond motifs is 1. The summed E-state index contributed by atoms with van der Waals surface area (Å²) in [5, 5.41) is 4.88. The van der Waals surface area contributed by atoms with Crippen molar-refractivity contribution in [2.24, 2.45) is 0 Å². The first-order valence-corrected chi connectivity index (χ1v) is 8.93. The van der Waals surface area contributed by atoms with Crippen LogP contribution in [0.2, 0.25) is 0 Å². The number of halogens is 3. The Hall–Kier alpha value is -2.68. The molecule has 0 aromatic heterocycles. The molecule has 142 valence electrons. The van der Waals surface area contributed by atoms with Crippen molar-refractivity contribution < 1.29 is 27.5 Å². The van der Waals surface area contributed by atoms with E-state index in [-0.39, 0.29) is 18.0 Å². The highest BCUT2D eigenvalue weighted by Crippen LogP contribution is 2.37. The van der Waals surface area contributed by atoms with Gasteiger partial charge in [-0.15, -0.1) is 11.8 Å². The number of amides is 2. The molecule has 0 bridgehead atoms. The lowest BCUT2D eigenvalue weighted by Gasteiger charge is -2.15. The Morgan fingerprint density at radius 2 is 1.96 bits per heavy atom. The zero-order valence-electron chi connectivity index (χ0n) is 13.9. The largest absolute Gasteiger partial charge is 0.445 e. The van der Waals surface area contributed by atoms with Crippen molar-refractivity contribution in [3.8, 4) is 0 Å². The van der Waals surface area contributed by atoms with E-state index < -0.39 is 29.8 Å². The average Bonchev–Trinajstić information content (AvgIpc) is 2.78. The minimum Gasteiger partial charge on any atom is -0.445 e. The third kappa shape index (κ3) is 4.94. The number of ether oxygens (including phenoxy) is 1. The number of benzene rings is 2. The molecule has 9 heteroatoms. The van der Waals surface area contributed by atoms with E-state index in [0.717, 1.165) is 17.7 Å². The predicted octanol–water partition coefficient (Wildman–Crippen LogP) is 4.04. The number of alkyl carbamates (subject to hydrolysis) is 1. The second kappa shape index (κ2) is 7.91. The number of anilines is 1. The minimum absolute atomic E-state index is 0.0450. The van der Waals surface area contributed by atoms with Crippen LogP contribution < -0.4 is 10.6 Å². The molecule has 5 nitrogen and oxygen atoms in total.